The number of hydrogen-bond acceptors (Lipinski definition) is 4. The monoisotopic (exact) mass is 426 g/mol. The molecular formula is C27H30N4O. The molecule has 0 saturated carbocycles. The molecule has 0 radical (unpaired) electrons. The average Bonchev–Trinajstić information content (AvgIpc) is 2.82. The minimum atomic E-state index is -0.265. The summed E-state index contributed by atoms with van der Waals surface area (Å²) < 4.78 is 0. The maximum Gasteiger partial charge on any atom is 0.228 e. The van der Waals surface area contributed by atoms with Gasteiger partial charge in [-0.05, 0) is 46.7 Å². The number of rotatable bonds is 10. The molecule has 164 valence electrons. The minimum absolute atomic E-state index is 0.0307. The van der Waals surface area contributed by atoms with E-state index in [1.807, 2.05) is 36.4 Å². The molecule has 5 heteroatoms. The molecule has 1 atom stereocenters. The van der Waals surface area contributed by atoms with E-state index in [1.54, 1.807) is 6.20 Å². The first-order valence-corrected chi connectivity index (χ1v) is 11.0. The maximum absolute atomic E-state index is 12.7. The minimum Gasteiger partial charge on any atom is -0.342 e. The summed E-state index contributed by atoms with van der Waals surface area (Å²) in [4.78, 5) is 17.0. The van der Waals surface area contributed by atoms with Gasteiger partial charge in [0.2, 0.25) is 5.91 Å². The van der Waals surface area contributed by atoms with E-state index in [0.717, 1.165) is 41.9 Å². The quantitative estimate of drug-likeness (QED) is 0.456. The van der Waals surface area contributed by atoms with E-state index in [9.17, 15) is 4.79 Å². The molecule has 0 fully saturated rings. The van der Waals surface area contributed by atoms with Crippen molar-refractivity contribution in [1.82, 2.24) is 15.6 Å². The topological polar surface area (TPSA) is 77.8 Å². The fraction of sp³-hybridized carbons (Fsp3) is 0.296. The molecule has 2 aromatic carbocycles. The smallest absolute Gasteiger partial charge is 0.228 e. The molecule has 3 rings (SSSR count). The summed E-state index contributed by atoms with van der Waals surface area (Å²) in [6.07, 6.45) is 2.54. The third kappa shape index (κ3) is 6.76. The SMILES string of the molecule is CC(C)C[C@@H](C(=O)NCC#N)c1cccc(-c2ccc(CNCc3ccccn3)cc2)c1. The Morgan fingerprint density at radius 2 is 1.81 bits per heavy atom. The summed E-state index contributed by atoms with van der Waals surface area (Å²) in [5.41, 5.74) is 5.40. The summed E-state index contributed by atoms with van der Waals surface area (Å²) >= 11 is 0. The van der Waals surface area contributed by atoms with Crippen molar-refractivity contribution >= 4 is 5.91 Å². The second-order valence-corrected chi connectivity index (χ2v) is 8.31. The van der Waals surface area contributed by atoms with Gasteiger partial charge in [-0.1, -0.05) is 68.4 Å². The van der Waals surface area contributed by atoms with Crippen LogP contribution in [0.25, 0.3) is 11.1 Å². The highest BCUT2D eigenvalue weighted by Crippen LogP contribution is 2.28. The third-order valence-electron chi connectivity index (χ3n) is 5.30. The van der Waals surface area contributed by atoms with E-state index in [1.165, 1.54) is 5.56 Å². The van der Waals surface area contributed by atoms with Crippen molar-refractivity contribution in [2.75, 3.05) is 6.54 Å². The predicted molar refractivity (Wildman–Crippen MR) is 127 cm³/mol. The lowest BCUT2D eigenvalue weighted by molar-refractivity contribution is -0.122. The first-order chi connectivity index (χ1) is 15.6. The molecule has 0 aliphatic heterocycles. The highest BCUT2D eigenvalue weighted by atomic mass is 16.1. The maximum atomic E-state index is 12.7. The molecule has 0 bridgehead atoms. The van der Waals surface area contributed by atoms with Crippen LogP contribution in [0, 0.1) is 17.2 Å². The molecule has 0 unspecified atom stereocenters. The molecule has 1 heterocycles. The molecule has 0 aliphatic carbocycles. The van der Waals surface area contributed by atoms with Crippen LogP contribution >= 0.6 is 0 Å². The van der Waals surface area contributed by atoms with Crippen LogP contribution < -0.4 is 10.6 Å². The van der Waals surface area contributed by atoms with Crippen molar-refractivity contribution in [2.24, 2.45) is 5.92 Å². The van der Waals surface area contributed by atoms with Gasteiger partial charge in [0.25, 0.3) is 0 Å². The number of aromatic nitrogens is 1. The van der Waals surface area contributed by atoms with E-state index in [2.05, 4.69) is 65.9 Å². The Bertz CT molecular complexity index is 1040. The Morgan fingerprint density at radius 1 is 1.00 bits per heavy atom. The number of nitrogens with one attached hydrogen (secondary N) is 2. The Morgan fingerprint density at radius 3 is 2.50 bits per heavy atom. The Kier molecular flexibility index (Phi) is 8.53. The van der Waals surface area contributed by atoms with Gasteiger partial charge in [0.15, 0.2) is 0 Å². The van der Waals surface area contributed by atoms with Crippen LogP contribution in [0.3, 0.4) is 0 Å². The van der Waals surface area contributed by atoms with Crippen molar-refractivity contribution in [3.05, 3.63) is 89.7 Å². The first-order valence-electron chi connectivity index (χ1n) is 11.0. The van der Waals surface area contributed by atoms with Crippen LogP contribution in [0.1, 0.15) is 43.0 Å². The van der Waals surface area contributed by atoms with Crippen LogP contribution in [-0.2, 0) is 17.9 Å². The van der Waals surface area contributed by atoms with Gasteiger partial charge < -0.3 is 10.6 Å². The molecule has 2 N–H and O–H groups in total. The molecule has 0 spiro atoms. The summed E-state index contributed by atoms with van der Waals surface area (Å²) in [6, 6.07) is 24.5. The average molecular weight is 427 g/mol. The number of carbonyl (C=O) groups excluding carboxylic acids is 1. The van der Waals surface area contributed by atoms with Crippen molar-refractivity contribution < 1.29 is 4.79 Å². The van der Waals surface area contributed by atoms with Gasteiger partial charge >= 0.3 is 0 Å². The summed E-state index contributed by atoms with van der Waals surface area (Å²) in [7, 11) is 0. The number of nitriles is 1. The summed E-state index contributed by atoms with van der Waals surface area (Å²) in [5.74, 6) is 0.0134. The lowest BCUT2D eigenvalue weighted by Gasteiger charge is -2.19. The molecular weight excluding hydrogens is 396 g/mol. The molecule has 0 aliphatic rings. The van der Waals surface area contributed by atoms with Gasteiger partial charge in [0.1, 0.15) is 6.54 Å². The fourth-order valence-electron chi connectivity index (χ4n) is 3.70. The van der Waals surface area contributed by atoms with E-state index in [-0.39, 0.29) is 18.4 Å². The second-order valence-electron chi connectivity index (χ2n) is 8.31. The highest BCUT2D eigenvalue weighted by Gasteiger charge is 2.22. The Hall–Kier alpha value is -3.49. The lowest BCUT2D eigenvalue weighted by atomic mass is 9.88. The summed E-state index contributed by atoms with van der Waals surface area (Å²) in [6.45, 7) is 5.75. The third-order valence-corrected chi connectivity index (χ3v) is 5.30. The van der Waals surface area contributed by atoms with Crippen LogP contribution in [-0.4, -0.2) is 17.4 Å². The van der Waals surface area contributed by atoms with E-state index >= 15 is 0 Å². The zero-order valence-corrected chi connectivity index (χ0v) is 18.7. The van der Waals surface area contributed by atoms with Gasteiger partial charge in [-0.25, -0.2) is 0 Å². The number of carbonyl (C=O) groups is 1. The van der Waals surface area contributed by atoms with Crippen molar-refractivity contribution in [2.45, 2.75) is 39.3 Å². The fourth-order valence-corrected chi connectivity index (χ4v) is 3.70. The highest BCUT2D eigenvalue weighted by molar-refractivity contribution is 5.84. The first kappa shape index (κ1) is 23.2. The standard InChI is InChI=1S/C27H30N4O/c1-20(2)16-26(27(32)31-15-13-28)24-7-5-6-23(17-24)22-11-9-21(10-12-22)18-29-19-25-8-3-4-14-30-25/h3-12,14,17,20,26,29H,15-16,18-19H2,1-2H3,(H,31,32)/t26-/m1/s1. The van der Waals surface area contributed by atoms with E-state index in [0.29, 0.717) is 5.92 Å². The van der Waals surface area contributed by atoms with Gasteiger partial charge in [-0.15, -0.1) is 0 Å². The van der Waals surface area contributed by atoms with Crippen molar-refractivity contribution in [3.63, 3.8) is 0 Å². The molecule has 1 amide bonds. The molecule has 5 nitrogen and oxygen atoms in total. The predicted octanol–water partition coefficient (Wildman–Crippen LogP) is 4.81. The zero-order valence-electron chi connectivity index (χ0n) is 18.7. The zero-order chi connectivity index (χ0) is 22.8. The molecule has 0 saturated heterocycles. The van der Waals surface area contributed by atoms with Crippen molar-refractivity contribution in [3.8, 4) is 17.2 Å². The van der Waals surface area contributed by atoms with Gasteiger partial charge in [0.05, 0.1) is 17.7 Å². The molecule has 1 aromatic heterocycles. The van der Waals surface area contributed by atoms with Crippen LogP contribution in [0.2, 0.25) is 0 Å². The van der Waals surface area contributed by atoms with Crippen LogP contribution in [0.4, 0.5) is 0 Å². The Balaban J connectivity index is 1.69. The second kappa shape index (κ2) is 11.8. The van der Waals surface area contributed by atoms with Crippen LogP contribution in [0.5, 0.6) is 0 Å². The van der Waals surface area contributed by atoms with E-state index in [4.69, 9.17) is 5.26 Å². The van der Waals surface area contributed by atoms with Crippen molar-refractivity contribution in [1.29, 1.82) is 5.26 Å². The number of amides is 1. The van der Waals surface area contributed by atoms with Gasteiger partial charge in [-0.2, -0.15) is 5.26 Å². The number of hydrogen-bond donors (Lipinski definition) is 2. The Labute approximate surface area is 190 Å². The summed E-state index contributed by atoms with van der Waals surface area (Å²) in [5, 5.41) is 14.9. The van der Waals surface area contributed by atoms with Gasteiger partial charge in [0, 0.05) is 19.3 Å². The van der Waals surface area contributed by atoms with Gasteiger partial charge in [-0.3, -0.25) is 9.78 Å². The number of nitrogens with zero attached hydrogens (tertiary/aromatic N) is 2. The number of benzene rings is 2. The van der Waals surface area contributed by atoms with Crippen LogP contribution in [0.15, 0.2) is 72.9 Å². The van der Waals surface area contributed by atoms with E-state index < -0.39 is 0 Å². The lowest BCUT2D eigenvalue weighted by Crippen LogP contribution is -2.30. The largest absolute Gasteiger partial charge is 0.342 e. The number of pyridine rings is 1. The molecule has 32 heavy (non-hydrogen) atoms. The molecule has 3 aromatic rings. The normalized spacial score (nSPS) is 11.7.